The second-order valence-electron chi connectivity index (χ2n) is 3.88. The lowest BCUT2D eigenvalue weighted by Gasteiger charge is -2.03. The summed E-state index contributed by atoms with van der Waals surface area (Å²) in [7, 11) is 0. The fourth-order valence-electron chi connectivity index (χ4n) is 1.97. The first-order valence-corrected chi connectivity index (χ1v) is 6.38. The number of benzene rings is 1. The average Bonchev–Trinajstić information content (AvgIpc) is 2.86. The van der Waals surface area contributed by atoms with Crippen molar-refractivity contribution in [3.05, 3.63) is 52.9 Å². The van der Waals surface area contributed by atoms with E-state index in [1.54, 1.807) is 11.3 Å². The molecule has 17 heavy (non-hydrogen) atoms. The van der Waals surface area contributed by atoms with Gasteiger partial charge in [0.1, 0.15) is 0 Å². The van der Waals surface area contributed by atoms with Crippen LogP contribution in [0.25, 0.3) is 22.0 Å². The lowest BCUT2D eigenvalue weighted by Crippen LogP contribution is -1.94. The molecule has 2 N–H and O–H groups in total. The monoisotopic (exact) mass is 240 g/mol. The van der Waals surface area contributed by atoms with Crippen LogP contribution in [0.3, 0.4) is 0 Å². The number of nitrogens with zero attached hydrogens (tertiary/aromatic N) is 1. The number of hydrogen-bond donors (Lipinski definition) is 1. The Hall–Kier alpha value is -1.71. The minimum atomic E-state index is 0.583. The number of para-hydroxylation sites is 1. The normalized spacial score (nSPS) is 10.9. The molecule has 0 aliphatic rings. The van der Waals surface area contributed by atoms with Crippen LogP contribution in [0.5, 0.6) is 0 Å². The van der Waals surface area contributed by atoms with E-state index < -0.39 is 0 Å². The molecule has 0 amide bonds. The van der Waals surface area contributed by atoms with Crippen LogP contribution in [0.15, 0.2) is 48.0 Å². The van der Waals surface area contributed by atoms with Gasteiger partial charge in [0.15, 0.2) is 0 Å². The summed E-state index contributed by atoms with van der Waals surface area (Å²) < 4.78 is 0. The van der Waals surface area contributed by atoms with Gasteiger partial charge in [-0.25, -0.2) is 0 Å². The summed E-state index contributed by atoms with van der Waals surface area (Å²) in [5.74, 6) is 0. The second kappa shape index (κ2) is 4.28. The number of pyridine rings is 1. The second-order valence-corrected chi connectivity index (χ2v) is 4.88. The standard InChI is InChI=1S/C14H12N2S/c15-8-14-12(5-6-17-14)11-7-10-3-1-2-4-13(10)16-9-11/h1-7,9H,8,15H2. The molecule has 2 heterocycles. The average molecular weight is 240 g/mol. The molecule has 0 unspecified atom stereocenters. The lowest BCUT2D eigenvalue weighted by molar-refractivity contribution is 1.11. The highest BCUT2D eigenvalue weighted by molar-refractivity contribution is 7.10. The molecule has 1 aromatic carbocycles. The van der Waals surface area contributed by atoms with Gasteiger partial charge in [-0.15, -0.1) is 11.3 Å². The van der Waals surface area contributed by atoms with Crippen molar-refractivity contribution in [1.29, 1.82) is 0 Å². The van der Waals surface area contributed by atoms with Gasteiger partial charge in [-0.2, -0.15) is 0 Å². The molecule has 3 rings (SSSR count). The molecule has 0 fully saturated rings. The Balaban J connectivity index is 2.18. The topological polar surface area (TPSA) is 38.9 Å². The van der Waals surface area contributed by atoms with Gasteiger partial charge >= 0.3 is 0 Å². The van der Waals surface area contributed by atoms with Crippen molar-refractivity contribution in [2.24, 2.45) is 5.73 Å². The predicted molar refractivity (Wildman–Crippen MR) is 72.9 cm³/mol. The molecule has 0 saturated carbocycles. The SMILES string of the molecule is NCc1sccc1-c1cnc2ccccc2c1. The van der Waals surface area contributed by atoms with E-state index in [-0.39, 0.29) is 0 Å². The molecule has 0 radical (unpaired) electrons. The number of nitrogens with two attached hydrogens (primary N) is 1. The Morgan fingerprint density at radius 3 is 2.94 bits per heavy atom. The Kier molecular flexibility index (Phi) is 2.63. The minimum Gasteiger partial charge on any atom is -0.326 e. The molecule has 2 nitrogen and oxygen atoms in total. The van der Waals surface area contributed by atoms with E-state index in [4.69, 9.17) is 5.73 Å². The first-order chi connectivity index (χ1) is 8.38. The Bertz CT molecular complexity index is 658. The van der Waals surface area contributed by atoms with Crippen LogP contribution in [-0.4, -0.2) is 4.98 Å². The third-order valence-electron chi connectivity index (χ3n) is 2.83. The first kappa shape index (κ1) is 10.4. The van der Waals surface area contributed by atoms with Crippen LogP contribution in [0.2, 0.25) is 0 Å². The predicted octanol–water partition coefficient (Wildman–Crippen LogP) is 3.42. The number of rotatable bonds is 2. The quantitative estimate of drug-likeness (QED) is 0.745. The van der Waals surface area contributed by atoms with Crippen LogP contribution in [0.4, 0.5) is 0 Å². The number of aromatic nitrogens is 1. The molecule has 0 aliphatic heterocycles. The van der Waals surface area contributed by atoms with Gasteiger partial charge in [0.2, 0.25) is 0 Å². The van der Waals surface area contributed by atoms with Crippen LogP contribution < -0.4 is 5.73 Å². The fourth-order valence-corrected chi connectivity index (χ4v) is 2.75. The fraction of sp³-hybridized carbons (Fsp3) is 0.0714. The van der Waals surface area contributed by atoms with Crippen LogP contribution in [0, 0.1) is 0 Å². The first-order valence-electron chi connectivity index (χ1n) is 5.50. The summed E-state index contributed by atoms with van der Waals surface area (Å²) in [5, 5.41) is 3.24. The Labute approximate surface area is 104 Å². The third-order valence-corrected chi connectivity index (χ3v) is 3.78. The largest absolute Gasteiger partial charge is 0.326 e. The van der Waals surface area contributed by atoms with Crippen molar-refractivity contribution >= 4 is 22.2 Å². The molecule has 84 valence electrons. The van der Waals surface area contributed by atoms with Crippen LogP contribution >= 0.6 is 11.3 Å². The smallest absolute Gasteiger partial charge is 0.0702 e. The lowest BCUT2D eigenvalue weighted by atomic mass is 10.1. The van der Waals surface area contributed by atoms with Crippen molar-refractivity contribution in [2.75, 3.05) is 0 Å². The summed E-state index contributed by atoms with van der Waals surface area (Å²) in [6.45, 7) is 0.583. The van der Waals surface area contributed by atoms with E-state index in [1.807, 2.05) is 24.4 Å². The molecule has 3 heteroatoms. The maximum atomic E-state index is 5.74. The molecular weight excluding hydrogens is 228 g/mol. The van der Waals surface area contributed by atoms with Crippen LogP contribution in [-0.2, 0) is 6.54 Å². The summed E-state index contributed by atoms with van der Waals surface area (Å²) in [6, 6.07) is 12.4. The van der Waals surface area contributed by atoms with Crippen molar-refractivity contribution < 1.29 is 0 Å². The van der Waals surface area contributed by atoms with Crippen molar-refractivity contribution in [3.63, 3.8) is 0 Å². The summed E-state index contributed by atoms with van der Waals surface area (Å²) in [6.07, 6.45) is 1.92. The molecular formula is C14H12N2S. The van der Waals surface area contributed by atoms with E-state index >= 15 is 0 Å². The van der Waals surface area contributed by atoms with Gasteiger partial charge in [0.05, 0.1) is 5.52 Å². The zero-order valence-corrected chi connectivity index (χ0v) is 10.1. The zero-order valence-electron chi connectivity index (χ0n) is 9.26. The van der Waals surface area contributed by atoms with Crippen molar-refractivity contribution in [3.8, 4) is 11.1 Å². The van der Waals surface area contributed by atoms with Crippen molar-refractivity contribution in [2.45, 2.75) is 6.54 Å². The van der Waals surface area contributed by atoms with E-state index in [0.29, 0.717) is 6.54 Å². The number of hydrogen-bond acceptors (Lipinski definition) is 3. The van der Waals surface area contributed by atoms with E-state index in [9.17, 15) is 0 Å². The van der Waals surface area contributed by atoms with Crippen molar-refractivity contribution in [1.82, 2.24) is 4.98 Å². The molecule has 0 spiro atoms. The highest BCUT2D eigenvalue weighted by Gasteiger charge is 2.06. The molecule has 2 aromatic heterocycles. The van der Waals surface area contributed by atoms with Gasteiger partial charge < -0.3 is 5.73 Å². The molecule has 0 saturated heterocycles. The highest BCUT2D eigenvalue weighted by Crippen LogP contribution is 2.29. The summed E-state index contributed by atoms with van der Waals surface area (Å²) in [5.41, 5.74) is 9.11. The molecule has 0 atom stereocenters. The summed E-state index contributed by atoms with van der Waals surface area (Å²) in [4.78, 5) is 5.69. The van der Waals surface area contributed by atoms with Gasteiger partial charge in [-0.05, 0) is 29.1 Å². The third kappa shape index (κ3) is 1.84. The molecule has 0 aliphatic carbocycles. The maximum Gasteiger partial charge on any atom is 0.0702 e. The van der Waals surface area contributed by atoms with E-state index in [0.717, 1.165) is 11.1 Å². The number of fused-ring (bicyclic) bond motifs is 1. The van der Waals surface area contributed by atoms with E-state index in [2.05, 4.69) is 28.6 Å². The van der Waals surface area contributed by atoms with Crippen LogP contribution in [0.1, 0.15) is 4.88 Å². The molecule has 3 aromatic rings. The summed E-state index contributed by atoms with van der Waals surface area (Å²) >= 11 is 1.70. The number of thiophene rings is 1. The Morgan fingerprint density at radius 1 is 1.18 bits per heavy atom. The van der Waals surface area contributed by atoms with Gasteiger partial charge in [0, 0.05) is 28.6 Å². The van der Waals surface area contributed by atoms with Gasteiger partial charge in [-0.1, -0.05) is 18.2 Å². The minimum absolute atomic E-state index is 0.583. The van der Waals surface area contributed by atoms with Gasteiger partial charge in [0.25, 0.3) is 0 Å². The maximum absolute atomic E-state index is 5.74. The highest BCUT2D eigenvalue weighted by atomic mass is 32.1. The zero-order chi connectivity index (χ0) is 11.7. The Morgan fingerprint density at radius 2 is 2.06 bits per heavy atom. The van der Waals surface area contributed by atoms with Gasteiger partial charge in [-0.3, -0.25) is 4.98 Å². The van der Waals surface area contributed by atoms with E-state index in [1.165, 1.54) is 15.8 Å². The molecule has 0 bridgehead atoms.